The lowest BCUT2D eigenvalue weighted by Crippen LogP contribution is -2.12. The van der Waals surface area contributed by atoms with Gasteiger partial charge in [0.1, 0.15) is 11.4 Å². The lowest BCUT2D eigenvalue weighted by atomic mass is 9.88. The molecule has 3 aromatic rings. The second-order valence-corrected chi connectivity index (χ2v) is 8.12. The first-order chi connectivity index (χ1) is 15.2. The molecule has 5 heteroatoms. The number of rotatable bonds is 9. The van der Waals surface area contributed by atoms with E-state index in [0.717, 1.165) is 53.8 Å². The Bertz CT molecular complexity index is 1050. The fraction of sp³-hybridized carbons (Fsp3) is 0.385. The van der Waals surface area contributed by atoms with E-state index in [0.29, 0.717) is 17.9 Å². The normalized spacial score (nSPS) is 12.2. The van der Waals surface area contributed by atoms with Gasteiger partial charge in [-0.1, -0.05) is 62.0 Å². The van der Waals surface area contributed by atoms with Gasteiger partial charge in [-0.2, -0.15) is 0 Å². The second kappa shape index (κ2) is 9.82. The number of nitrogens with one attached hydrogen (secondary N) is 1. The number of ether oxygens (including phenoxy) is 1. The molecule has 31 heavy (non-hydrogen) atoms. The molecular formula is C26H30N2O3. The molecular weight excluding hydrogens is 388 g/mol. The minimum Gasteiger partial charge on any atom is -0.495 e. The summed E-state index contributed by atoms with van der Waals surface area (Å²) in [6.07, 6.45) is 7.98. The van der Waals surface area contributed by atoms with Crippen LogP contribution in [0.3, 0.4) is 0 Å². The number of carbonyl (C=O) groups is 1. The lowest BCUT2D eigenvalue weighted by molar-refractivity contribution is -0.116. The highest BCUT2D eigenvalue weighted by atomic mass is 16.5. The Balaban J connectivity index is 1.54. The summed E-state index contributed by atoms with van der Waals surface area (Å²) in [5.74, 6) is 1.42. The van der Waals surface area contributed by atoms with Gasteiger partial charge in [0.15, 0.2) is 5.76 Å². The van der Waals surface area contributed by atoms with E-state index in [9.17, 15) is 4.79 Å². The predicted molar refractivity (Wildman–Crippen MR) is 123 cm³/mol. The zero-order valence-electron chi connectivity index (χ0n) is 18.4. The number of nitrogens with zero attached hydrogens (tertiary/aromatic N) is 1. The van der Waals surface area contributed by atoms with Gasteiger partial charge in [-0.3, -0.25) is 4.79 Å². The summed E-state index contributed by atoms with van der Waals surface area (Å²) in [7, 11) is 1.61. The molecule has 162 valence electrons. The fourth-order valence-electron chi connectivity index (χ4n) is 4.26. The maximum atomic E-state index is 12.5. The van der Waals surface area contributed by atoms with E-state index in [2.05, 4.69) is 35.6 Å². The minimum absolute atomic E-state index is 0.0143. The van der Waals surface area contributed by atoms with Gasteiger partial charge in [0.25, 0.3) is 0 Å². The van der Waals surface area contributed by atoms with Crippen LogP contribution in [-0.2, 0) is 17.6 Å². The van der Waals surface area contributed by atoms with Crippen LogP contribution in [0.2, 0.25) is 0 Å². The monoisotopic (exact) mass is 418 g/mol. The van der Waals surface area contributed by atoms with Crippen molar-refractivity contribution in [3.8, 4) is 28.3 Å². The number of benzene rings is 2. The third kappa shape index (κ3) is 4.66. The minimum atomic E-state index is 0.0143. The highest BCUT2D eigenvalue weighted by molar-refractivity contribution is 5.93. The zero-order valence-corrected chi connectivity index (χ0v) is 18.4. The number of unbranched alkanes of at least 4 members (excludes halogenated alkanes) is 4. The van der Waals surface area contributed by atoms with Crippen LogP contribution in [0.15, 0.2) is 47.0 Å². The third-order valence-electron chi connectivity index (χ3n) is 5.95. The van der Waals surface area contributed by atoms with Gasteiger partial charge >= 0.3 is 0 Å². The maximum Gasteiger partial charge on any atom is 0.224 e. The Hall–Kier alpha value is -3.08. The Morgan fingerprint density at radius 1 is 1.10 bits per heavy atom. The van der Waals surface area contributed by atoms with Crippen molar-refractivity contribution in [2.45, 2.75) is 58.3 Å². The fourth-order valence-corrected chi connectivity index (χ4v) is 4.26. The first-order valence-electron chi connectivity index (χ1n) is 11.3. The Kier molecular flexibility index (Phi) is 6.70. The van der Waals surface area contributed by atoms with Gasteiger partial charge in [-0.15, -0.1) is 0 Å². The van der Waals surface area contributed by atoms with Crippen molar-refractivity contribution in [3.05, 3.63) is 53.6 Å². The third-order valence-corrected chi connectivity index (χ3v) is 5.95. The number of aromatic nitrogens is 1. The smallest absolute Gasteiger partial charge is 0.224 e. The molecule has 0 spiro atoms. The summed E-state index contributed by atoms with van der Waals surface area (Å²) in [6, 6.07) is 14.1. The van der Waals surface area contributed by atoms with E-state index in [1.807, 2.05) is 24.3 Å². The van der Waals surface area contributed by atoms with Crippen molar-refractivity contribution in [1.29, 1.82) is 0 Å². The number of hydrogen-bond donors (Lipinski definition) is 1. The van der Waals surface area contributed by atoms with Crippen molar-refractivity contribution in [1.82, 2.24) is 5.16 Å². The SMILES string of the molecule is CCCCCCCC(=O)Nc1cc(-c2onc3c2CCc2ccccc2-3)ccc1OC. The van der Waals surface area contributed by atoms with Crippen LogP contribution in [0.25, 0.3) is 22.6 Å². The number of hydrogen-bond acceptors (Lipinski definition) is 4. The molecule has 1 heterocycles. The summed E-state index contributed by atoms with van der Waals surface area (Å²) < 4.78 is 11.3. The number of amides is 1. The van der Waals surface area contributed by atoms with Crippen LogP contribution in [0, 0.1) is 0 Å². The average molecular weight is 419 g/mol. The van der Waals surface area contributed by atoms with Gasteiger partial charge in [0, 0.05) is 23.1 Å². The van der Waals surface area contributed by atoms with Crippen molar-refractivity contribution < 1.29 is 14.1 Å². The Morgan fingerprint density at radius 3 is 2.77 bits per heavy atom. The summed E-state index contributed by atoms with van der Waals surface area (Å²) >= 11 is 0. The molecule has 0 atom stereocenters. The molecule has 2 aromatic carbocycles. The average Bonchev–Trinajstić information content (AvgIpc) is 3.23. The van der Waals surface area contributed by atoms with Crippen molar-refractivity contribution in [3.63, 3.8) is 0 Å². The maximum absolute atomic E-state index is 12.5. The van der Waals surface area contributed by atoms with Crippen LogP contribution < -0.4 is 10.1 Å². The molecule has 0 fully saturated rings. The number of carbonyl (C=O) groups excluding carboxylic acids is 1. The molecule has 5 nitrogen and oxygen atoms in total. The summed E-state index contributed by atoms with van der Waals surface area (Å²) in [4.78, 5) is 12.5. The molecule has 1 aromatic heterocycles. The number of fused-ring (bicyclic) bond motifs is 3. The number of anilines is 1. The van der Waals surface area contributed by atoms with E-state index in [1.54, 1.807) is 7.11 Å². The highest BCUT2D eigenvalue weighted by Gasteiger charge is 2.25. The van der Waals surface area contributed by atoms with Gasteiger partial charge in [0.2, 0.25) is 5.91 Å². The van der Waals surface area contributed by atoms with Crippen LogP contribution in [0.1, 0.15) is 56.6 Å². The summed E-state index contributed by atoms with van der Waals surface area (Å²) in [5, 5.41) is 7.40. The summed E-state index contributed by atoms with van der Waals surface area (Å²) in [6.45, 7) is 2.19. The summed E-state index contributed by atoms with van der Waals surface area (Å²) in [5.41, 5.74) is 6.05. The molecule has 0 unspecified atom stereocenters. The number of aryl methyl sites for hydroxylation is 1. The molecule has 0 bridgehead atoms. The topological polar surface area (TPSA) is 64.4 Å². The lowest BCUT2D eigenvalue weighted by Gasteiger charge is -2.15. The van der Waals surface area contributed by atoms with E-state index < -0.39 is 0 Å². The van der Waals surface area contributed by atoms with E-state index in [1.165, 1.54) is 24.8 Å². The molecule has 4 rings (SSSR count). The van der Waals surface area contributed by atoms with Crippen LogP contribution in [-0.4, -0.2) is 18.2 Å². The van der Waals surface area contributed by atoms with Crippen LogP contribution in [0.5, 0.6) is 5.75 Å². The molecule has 1 aliphatic rings. The van der Waals surface area contributed by atoms with E-state index >= 15 is 0 Å². The van der Waals surface area contributed by atoms with Crippen LogP contribution >= 0.6 is 0 Å². The van der Waals surface area contributed by atoms with E-state index in [-0.39, 0.29) is 5.91 Å². The molecule has 0 aliphatic heterocycles. The molecule has 1 N–H and O–H groups in total. The predicted octanol–water partition coefficient (Wildman–Crippen LogP) is 6.41. The largest absolute Gasteiger partial charge is 0.495 e. The Morgan fingerprint density at radius 2 is 1.94 bits per heavy atom. The number of methoxy groups -OCH3 is 1. The van der Waals surface area contributed by atoms with Gasteiger partial charge < -0.3 is 14.6 Å². The van der Waals surface area contributed by atoms with Gasteiger partial charge in [-0.05, 0) is 43.0 Å². The second-order valence-electron chi connectivity index (χ2n) is 8.12. The quantitative estimate of drug-likeness (QED) is 0.408. The zero-order chi connectivity index (χ0) is 21.6. The van der Waals surface area contributed by atoms with Crippen molar-refractivity contribution in [2.24, 2.45) is 0 Å². The van der Waals surface area contributed by atoms with Crippen LogP contribution in [0.4, 0.5) is 5.69 Å². The highest BCUT2D eigenvalue weighted by Crippen LogP contribution is 2.40. The standard InChI is InChI=1S/C26H30N2O3/c1-3-4-5-6-7-12-24(29)27-22-17-19(14-16-23(22)30-2)26-21-15-13-18-10-8-9-11-20(18)25(21)28-31-26/h8-11,14,16-17H,3-7,12-13,15H2,1-2H3,(H,27,29). The molecule has 1 aliphatic carbocycles. The molecule has 0 saturated carbocycles. The van der Waals surface area contributed by atoms with Gasteiger partial charge in [0.05, 0.1) is 12.8 Å². The molecule has 0 radical (unpaired) electrons. The Labute approximate surface area is 183 Å². The molecule has 0 saturated heterocycles. The first-order valence-corrected chi connectivity index (χ1v) is 11.3. The molecule has 1 amide bonds. The first kappa shape index (κ1) is 21.2. The van der Waals surface area contributed by atoms with Crippen molar-refractivity contribution in [2.75, 3.05) is 12.4 Å². The van der Waals surface area contributed by atoms with E-state index in [4.69, 9.17) is 9.26 Å². The van der Waals surface area contributed by atoms with Gasteiger partial charge in [-0.25, -0.2) is 0 Å². The van der Waals surface area contributed by atoms with Crippen molar-refractivity contribution >= 4 is 11.6 Å².